The topological polar surface area (TPSA) is 29.9 Å². The van der Waals surface area contributed by atoms with Crippen LogP contribution in [0.4, 0.5) is 0 Å². The van der Waals surface area contributed by atoms with Crippen LogP contribution in [-0.4, -0.2) is 16.3 Å². The van der Waals surface area contributed by atoms with E-state index in [1.807, 2.05) is 37.0 Å². The first-order valence-electron chi connectivity index (χ1n) is 6.60. The van der Waals surface area contributed by atoms with Gasteiger partial charge in [0, 0.05) is 18.3 Å². The Morgan fingerprint density at radius 3 is 2.74 bits per heavy atom. The van der Waals surface area contributed by atoms with Gasteiger partial charge in [-0.15, -0.1) is 0 Å². The zero-order valence-electron chi connectivity index (χ0n) is 11.7. The molecule has 3 nitrogen and oxygen atoms in total. The fourth-order valence-electron chi connectivity index (χ4n) is 2.14. The molecule has 0 amide bonds. The summed E-state index contributed by atoms with van der Waals surface area (Å²) in [5.74, 6) is 0. The molecule has 102 valence electrons. The van der Waals surface area contributed by atoms with Crippen LogP contribution in [0.5, 0.6) is 0 Å². The smallest absolute Gasteiger partial charge is 0.0748 e. The number of hydrogen-bond donors (Lipinski definition) is 1. The van der Waals surface area contributed by atoms with E-state index in [9.17, 15) is 0 Å². The van der Waals surface area contributed by atoms with E-state index in [4.69, 9.17) is 11.6 Å². The number of aromatic nitrogens is 2. The van der Waals surface area contributed by atoms with Crippen LogP contribution in [0.15, 0.2) is 30.5 Å². The van der Waals surface area contributed by atoms with Gasteiger partial charge in [-0.2, -0.15) is 5.10 Å². The quantitative estimate of drug-likeness (QED) is 0.907. The second-order valence-electron chi connectivity index (χ2n) is 4.78. The van der Waals surface area contributed by atoms with Crippen molar-refractivity contribution in [3.8, 4) is 0 Å². The van der Waals surface area contributed by atoms with Gasteiger partial charge in [0.25, 0.3) is 0 Å². The minimum Gasteiger partial charge on any atom is -0.305 e. The third kappa shape index (κ3) is 3.17. The number of rotatable bonds is 5. The fourth-order valence-corrected chi connectivity index (χ4v) is 2.33. The van der Waals surface area contributed by atoms with E-state index in [-0.39, 0.29) is 6.04 Å². The summed E-state index contributed by atoms with van der Waals surface area (Å²) in [7, 11) is 1.96. The SMILES string of the molecule is CCCNC(c1ccc(C)c(Cl)c1)c1ccnn1C. The van der Waals surface area contributed by atoms with Crippen molar-refractivity contribution in [1.82, 2.24) is 15.1 Å². The van der Waals surface area contributed by atoms with E-state index in [1.54, 1.807) is 0 Å². The van der Waals surface area contributed by atoms with Crippen LogP contribution in [0.25, 0.3) is 0 Å². The molecule has 4 heteroatoms. The monoisotopic (exact) mass is 277 g/mol. The molecule has 1 N–H and O–H groups in total. The molecule has 1 atom stereocenters. The van der Waals surface area contributed by atoms with Crippen LogP contribution >= 0.6 is 11.6 Å². The van der Waals surface area contributed by atoms with Gasteiger partial charge in [0.15, 0.2) is 0 Å². The summed E-state index contributed by atoms with van der Waals surface area (Å²) in [5.41, 5.74) is 3.42. The van der Waals surface area contributed by atoms with Crippen molar-refractivity contribution in [2.45, 2.75) is 26.3 Å². The molecule has 2 rings (SSSR count). The second-order valence-corrected chi connectivity index (χ2v) is 5.18. The maximum absolute atomic E-state index is 6.24. The molecular formula is C15H20ClN3. The Labute approximate surface area is 119 Å². The van der Waals surface area contributed by atoms with Gasteiger partial charge < -0.3 is 5.32 Å². The first-order valence-corrected chi connectivity index (χ1v) is 6.98. The molecule has 0 saturated heterocycles. The minimum atomic E-state index is 0.130. The van der Waals surface area contributed by atoms with Crippen molar-refractivity contribution >= 4 is 11.6 Å². The Bertz CT molecular complexity index is 548. The molecular weight excluding hydrogens is 258 g/mol. The Morgan fingerprint density at radius 1 is 1.37 bits per heavy atom. The highest BCUT2D eigenvalue weighted by atomic mass is 35.5. The molecule has 1 aromatic heterocycles. The summed E-state index contributed by atoms with van der Waals surface area (Å²) < 4.78 is 1.90. The number of aryl methyl sites for hydroxylation is 2. The summed E-state index contributed by atoms with van der Waals surface area (Å²) >= 11 is 6.24. The van der Waals surface area contributed by atoms with Gasteiger partial charge in [0.05, 0.1) is 11.7 Å². The zero-order chi connectivity index (χ0) is 13.8. The highest BCUT2D eigenvalue weighted by Gasteiger charge is 2.17. The standard InChI is InChI=1S/C15H20ClN3/c1-4-8-17-15(14-7-9-18-19(14)3)12-6-5-11(2)13(16)10-12/h5-7,9-10,15,17H,4,8H2,1-3H3. The molecule has 0 radical (unpaired) electrons. The number of nitrogens with zero attached hydrogens (tertiary/aromatic N) is 2. The van der Waals surface area contributed by atoms with Gasteiger partial charge in [-0.25, -0.2) is 0 Å². The van der Waals surface area contributed by atoms with Crippen LogP contribution in [0.3, 0.4) is 0 Å². The Morgan fingerprint density at radius 2 is 2.16 bits per heavy atom. The molecule has 0 saturated carbocycles. The average Bonchev–Trinajstić information content (AvgIpc) is 2.80. The average molecular weight is 278 g/mol. The molecule has 0 aliphatic rings. The summed E-state index contributed by atoms with van der Waals surface area (Å²) in [5, 5.41) is 8.62. The predicted octanol–water partition coefficient (Wildman–Crippen LogP) is 3.47. The van der Waals surface area contributed by atoms with E-state index in [2.05, 4.69) is 29.5 Å². The van der Waals surface area contributed by atoms with E-state index in [0.717, 1.165) is 29.2 Å². The summed E-state index contributed by atoms with van der Waals surface area (Å²) in [6.45, 7) is 5.14. The first kappa shape index (κ1) is 14.1. The molecule has 2 aromatic rings. The lowest BCUT2D eigenvalue weighted by molar-refractivity contribution is 0.553. The fraction of sp³-hybridized carbons (Fsp3) is 0.400. The van der Waals surface area contributed by atoms with E-state index in [0.29, 0.717) is 0 Å². The number of benzene rings is 1. The third-order valence-electron chi connectivity index (χ3n) is 3.28. The molecule has 19 heavy (non-hydrogen) atoms. The van der Waals surface area contributed by atoms with E-state index < -0.39 is 0 Å². The zero-order valence-corrected chi connectivity index (χ0v) is 12.4. The van der Waals surface area contributed by atoms with Crippen LogP contribution in [-0.2, 0) is 7.05 Å². The molecule has 1 unspecified atom stereocenters. The van der Waals surface area contributed by atoms with Crippen molar-refractivity contribution in [3.63, 3.8) is 0 Å². The van der Waals surface area contributed by atoms with Crippen LogP contribution in [0.2, 0.25) is 5.02 Å². The molecule has 0 bridgehead atoms. The maximum atomic E-state index is 6.24. The van der Waals surface area contributed by atoms with Crippen LogP contribution in [0.1, 0.15) is 36.2 Å². The van der Waals surface area contributed by atoms with Crippen molar-refractivity contribution in [1.29, 1.82) is 0 Å². The summed E-state index contributed by atoms with van der Waals surface area (Å²) in [6.07, 6.45) is 2.92. The van der Waals surface area contributed by atoms with Crippen LogP contribution in [0, 0.1) is 6.92 Å². The van der Waals surface area contributed by atoms with Gasteiger partial charge in [0.1, 0.15) is 0 Å². The van der Waals surface area contributed by atoms with Gasteiger partial charge >= 0.3 is 0 Å². The van der Waals surface area contributed by atoms with Crippen molar-refractivity contribution < 1.29 is 0 Å². The Kier molecular flexibility index (Phi) is 4.61. The van der Waals surface area contributed by atoms with Gasteiger partial charge in [-0.1, -0.05) is 30.7 Å². The number of hydrogen-bond acceptors (Lipinski definition) is 2. The predicted molar refractivity (Wildman–Crippen MR) is 79.5 cm³/mol. The third-order valence-corrected chi connectivity index (χ3v) is 3.69. The number of nitrogens with one attached hydrogen (secondary N) is 1. The lowest BCUT2D eigenvalue weighted by Crippen LogP contribution is -2.25. The lowest BCUT2D eigenvalue weighted by atomic mass is 10.0. The molecule has 0 aliphatic carbocycles. The highest BCUT2D eigenvalue weighted by molar-refractivity contribution is 6.31. The highest BCUT2D eigenvalue weighted by Crippen LogP contribution is 2.26. The Balaban J connectivity index is 2.37. The minimum absolute atomic E-state index is 0.130. The largest absolute Gasteiger partial charge is 0.305 e. The summed E-state index contributed by atoms with van der Waals surface area (Å²) in [6, 6.07) is 8.40. The van der Waals surface area contributed by atoms with E-state index >= 15 is 0 Å². The molecule has 0 spiro atoms. The molecule has 1 aromatic carbocycles. The number of halogens is 1. The molecule has 0 aliphatic heterocycles. The molecule has 0 fully saturated rings. The van der Waals surface area contributed by atoms with Crippen LogP contribution < -0.4 is 5.32 Å². The first-order chi connectivity index (χ1) is 9.13. The summed E-state index contributed by atoms with van der Waals surface area (Å²) in [4.78, 5) is 0. The van der Waals surface area contributed by atoms with Gasteiger partial charge in [-0.3, -0.25) is 4.68 Å². The normalized spacial score (nSPS) is 12.6. The van der Waals surface area contributed by atoms with Crippen molar-refractivity contribution in [3.05, 3.63) is 52.3 Å². The van der Waals surface area contributed by atoms with E-state index in [1.165, 1.54) is 5.56 Å². The maximum Gasteiger partial charge on any atom is 0.0748 e. The van der Waals surface area contributed by atoms with Crippen molar-refractivity contribution in [2.75, 3.05) is 6.54 Å². The Hall–Kier alpha value is -1.32. The van der Waals surface area contributed by atoms with Crippen molar-refractivity contribution in [2.24, 2.45) is 7.05 Å². The lowest BCUT2D eigenvalue weighted by Gasteiger charge is -2.20. The van der Waals surface area contributed by atoms with Gasteiger partial charge in [-0.05, 0) is 43.1 Å². The second kappa shape index (κ2) is 6.22. The molecule has 1 heterocycles. The van der Waals surface area contributed by atoms with Gasteiger partial charge in [0.2, 0.25) is 0 Å².